The Balaban J connectivity index is 1.60. The second-order valence-corrected chi connectivity index (χ2v) is 6.84. The van der Waals surface area contributed by atoms with E-state index in [1.54, 1.807) is 6.26 Å². The molecule has 1 aromatic heterocycles. The highest BCUT2D eigenvalue weighted by Crippen LogP contribution is 2.29. The fourth-order valence-corrected chi connectivity index (χ4v) is 2.58. The number of rotatable bonds is 7. The Bertz CT molecular complexity index is 677. The lowest BCUT2D eigenvalue weighted by atomic mass is 10.3. The lowest BCUT2D eigenvalue weighted by Crippen LogP contribution is -2.33. The van der Waals surface area contributed by atoms with Crippen molar-refractivity contribution < 1.29 is 9.15 Å². The van der Waals surface area contributed by atoms with Gasteiger partial charge in [0.2, 0.25) is 0 Å². The zero-order valence-electron chi connectivity index (χ0n) is 15.2. The number of anilines is 1. The molecule has 25 heavy (non-hydrogen) atoms. The van der Waals surface area contributed by atoms with E-state index < -0.39 is 0 Å². The van der Waals surface area contributed by atoms with Gasteiger partial charge in [0.25, 0.3) is 0 Å². The highest BCUT2D eigenvalue weighted by atomic mass is 16.5. The molecule has 0 aliphatic heterocycles. The molecule has 1 saturated carbocycles. The number of guanidine groups is 1. The third-order valence-electron chi connectivity index (χ3n) is 4.13. The summed E-state index contributed by atoms with van der Waals surface area (Å²) in [6, 6.07) is 12.4. The first-order chi connectivity index (χ1) is 12.1. The second-order valence-electron chi connectivity index (χ2n) is 6.84. The van der Waals surface area contributed by atoms with Gasteiger partial charge in [-0.05, 0) is 62.6 Å². The van der Waals surface area contributed by atoms with E-state index in [-0.39, 0.29) is 6.10 Å². The first-order valence-corrected chi connectivity index (χ1v) is 8.97. The fraction of sp³-hybridized carbons (Fsp3) is 0.450. The average Bonchev–Trinajstić information content (AvgIpc) is 3.04. The summed E-state index contributed by atoms with van der Waals surface area (Å²) in [6.07, 6.45) is 3.86. The van der Waals surface area contributed by atoms with E-state index >= 15 is 0 Å². The molecule has 1 fully saturated rings. The van der Waals surface area contributed by atoms with Gasteiger partial charge in [0.05, 0.1) is 12.4 Å². The molecular weight excluding hydrogens is 314 g/mol. The highest BCUT2D eigenvalue weighted by Gasteiger charge is 2.33. The number of hydrogen-bond donors (Lipinski definition) is 2. The molecule has 1 aliphatic rings. The Morgan fingerprint density at radius 3 is 2.64 bits per heavy atom. The van der Waals surface area contributed by atoms with E-state index in [1.807, 2.05) is 50.2 Å². The minimum absolute atomic E-state index is 0.176. The summed E-state index contributed by atoms with van der Waals surface area (Å²) >= 11 is 0. The highest BCUT2D eigenvalue weighted by molar-refractivity contribution is 5.94. The van der Waals surface area contributed by atoms with Crippen molar-refractivity contribution in [3.05, 3.63) is 48.4 Å². The number of nitrogens with one attached hydrogen (secondary N) is 2. The summed E-state index contributed by atoms with van der Waals surface area (Å²) in [5.74, 6) is 3.36. The molecule has 134 valence electrons. The van der Waals surface area contributed by atoms with Gasteiger partial charge in [-0.15, -0.1) is 0 Å². The molecule has 1 aromatic carbocycles. The van der Waals surface area contributed by atoms with Crippen molar-refractivity contribution in [2.45, 2.75) is 45.8 Å². The monoisotopic (exact) mass is 341 g/mol. The van der Waals surface area contributed by atoms with Gasteiger partial charge in [0.15, 0.2) is 5.96 Å². The van der Waals surface area contributed by atoms with E-state index in [2.05, 4.69) is 22.5 Å². The van der Waals surface area contributed by atoms with Crippen LogP contribution in [0.4, 0.5) is 5.69 Å². The molecule has 2 aromatic rings. The largest absolute Gasteiger partial charge is 0.491 e. The smallest absolute Gasteiger partial charge is 0.196 e. The lowest BCUT2D eigenvalue weighted by molar-refractivity contribution is 0.242. The molecule has 0 spiro atoms. The number of benzene rings is 1. The number of furan rings is 1. The number of hydrogen-bond acceptors (Lipinski definition) is 3. The van der Waals surface area contributed by atoms with E-state index in [4.69, 9.17) is 9.15 Å². The SMILES string of the molecule is CC(C)Oc1ccc(NC(=NCCc2ccco2)NC2CC2C)cc1. The molecule has 1 heterocycles. The van der Waals surface area contributed by atoms with Crippen LogP contribution in [-0.2, 0) is 6.42 Å². The van der Waals surface area contributed by atoms with Gasteiger partial charge < -0.3 is 19.8 Å². The molecule has 2 atom stereocenters. The van der Waals surface area contributed by atoms with Crippen LogP contribution >= 0.6 is 0 Å². The third kappa shape index (κ3) is 5.55. The Labute approximate surface area is 149 Å². The number of ether oxygens (including phenoxy) is 1. The van der Waals surface area contributed by atoms with Crippen molar-refractivity contribution in [2.24, 2.45) is 10.9 Å². The summed E-state index contributed by atoms with van der Waals surface area (Å²) in [5.41, 5.74) is 0.994. The predicted octanol–water partition coefficient (Wildman–Crippen LogP) is 4.08. The average molecular weight is 341 g/mol. The minimum atomic E-state index is 0.176. The predicted molar refractivity (Wildman–Crippen MR) is 101 cm³/mol. The van der Waals surface area contributed by atoms with Gasteiger partial charge in [-0.25, -0.2) is 0 Å². The summed E-state index contributed by atoms with van der Waals surface area (Å²) in [4.78, 5) is 4.68. The molecule has 0 amide bonds. The van der Waals surface area contributed by atoms with Crippen LogP contribution in [0.3, 0.4) is 0 Å². The summed E-state index contributed by atoms with van der Waals surface area (Å²) in [7, 11) is 0. The molecular formula is C20H27N3O2. The molecule has 5 nitrogen and oxygen atoms in total. The van der Waals surface area contributed by atoms with Crippen molar-refractivity contribution >= 4 is 11.6 Å². The van der Waals surface area contributed by atoms with E-state index in [1.165, 1.54) is 6.42 Å². The molecule has 0 bridgehead atoms. The van der Waals surface area contributed by atoms with Crippen LogP contribution in [0.5, 0.6) is 5.75 Å². The van der Waals surface area contributed by atoms with Gasteiger partial charge in [-0.2, -0.15) is 0 Å². The quantitative estimate of drug-likeness (QED) is 0.588. The van der Waals surface area contributed by atoms with E-state index in [0.29, 0.717) is 18.5 Å². The molecule has 0 radical (unpaired) electrons. The van der Waals surface area contributed by atoms with Crippen molar-refractivity contribution in [3.8, 4) is 5.75 Å². The van der Waals surface area contributed by atoms with Crippen LogP contribution < -0.4 is 15.4 Å². The summed E-state index contributed by atoms with van der Waals surface area (Å²) < 4.78 is 11.0. The minimum Gasteiger partial charge on any atom is -0.491 e. The van der Waals surface area contributed by atoms with Crippen molar-refractivity contribution in [1.29, 1.82) is 0 Å². The maximum atomic E-state index is 5.68. The molecule has 0 saturated heterocycles. The van der Waals surface area contributed by atoms with Crippen molar-refractivity contribution in [3.63, 3.8) is 0 Å². The molecule has 3 rings (SSSR count). The number of nitrogens with zero attached hydrogens (tertiary/aromatic N) is 1. The van der Waals surface area contributed by atoms with Crippen LogP contribution in [0.25, 0.3) is 0 Å². The zero-order chi connectivity index (χ0) is 17.6. The summed E-state index contributed by atoms with van der Waals surface area (Å²) in [6.45, 7) is 6.97. The first kappa shape index (κ1) is 17.4. The lowest BCUT2D eigenvalue weighted by Gasteiger charge is -2.14. The topological polar surface area (TPSA) is 58.8 Å². The van der Waals surface area contributed by atoms with Gasteiger partial charge in [-0.3, -0.25) is 4.99 Å². The third-order valence-corrected chi connectivity index (χ3v) is 4.13. The summed E-state index contributed by atoms with van der Waals surface area (Å²) in [5, 5.41) is 6.88. The van der Waals surface area contributed by atoms with E-state index in [9.17, 15) is 0 Å². The standard InChI is InChI=1S/C20H27N3O2/c1-14(2)25-18-8-6-16(7-9-18)22-20(23-19-13-15(19)3)21-11-10-17-5-4-12-24-17/h4-9,12,14-15,19H,10-11,13H2,1-3H3,(H2,21,22,23). The van der Waals surface area contributed by atoms with Crippen LogP contribution in [-0.4, -0.2) is 24.7 Å². The number of aliphatic imine (C=N–C) groups is 1. The van der Waals surface area contributed by atoms with Gasteiger partial charge in [0.1, 0.15) is 11.5 Å². The van der Waals surface area contributed by atoms with Gasteiger partial charge >= 0.3 is 0 Å². The van der Waals surface area contributed by atoms with Gasteiger partial charge in [-0.1, -0.05) is 6.92 Å². The maximum absolute atomic E-state index is 5.68. The maximum Gasteiger partial charge on any atom is 0.196 e. The second kappa shape index (κ2) is 8.10. The van der Waals surface area contributed by atoms with Crippen molar-refractivity contribution in [1.82, 2.24) is 5.32 Å². The normalized spacial score (nSPS) is 19.8. The van der Waals surface area contributed by atoms with Crippen LogP contribution in [0.2, 0.25) is 0 Å². The Hall–Kier alpha value is -2.43. The fourth-order valence-electron chi connectivity index (χ4n) is 2.58. The van der Waals surface area contributed by atoms with Gasteiger partial charge in [0, 0.05) is 24.7 Å². The van der Waals surface area contributed by atoms with Crippen molar-refractivity contribution in [2.75, 3.05) is 11.9 Å². The van der Waals surface area contributed by atoms with Crippen LogP contribution in [0, 0.1) is 5.92 Å². The Morgan fingerprint density at radius 2 is 2.04 bits per heavy atom. The first-order valence-electron chi connectivity index (χ1n) is 8.97. The Kier molecular flexibility index (Phi) is 5.64. The molecule has 2 N–H and O–H groups in total. The van der Waals surface area contributed by atoms with Crippen LogP contribution in [0.1, 0.15) is 33.0 Å². The molecule has 1 aliphatic carbocycles. The molecule has 5 heteroatoms. The van der Waals surface area contributed by atoms with Crippen LogP contribution in [0.15, 0.2) is 52.1 Å². The van der Waals surface area contributed by atoms with E-state index in [0.717, 1.165) is 29.6 Å². The zero-order valence-corrected chi connectivity index (χ0v) is 15.2. The molecule has 2 unspecified atom stereocenters. The Morgan fingerprint density at radius 1 is 1.28 bits per heavy atom.